The summed E-state index contributed by atoms with van der Waals surface area (Å²) in [5, 5.41) is 7.66. The molecule has 0 saturated carbocycles. The summed E-state index contributed by atoms with van der Waals surface area (Å²) in [6.45, 7) is 2.14. The van der Waals surface area contributed by atoms with Gasteiger partial charge >= 0.3 is 5.97 Å². The lowest BCUT2D eigenvalue weighted by molar-refractivity contribution is -0.140. The number of thioether (sulfide) groups is 1. The minimum Gasteiger partial charge on any atom is -0.469 e. The lowest BCUT2D eigenvalue weighted by Gasteiger charge is -1.96. The van der Waals surface area contributed by atoms with Crippen molar-refractivity contribution in [3.63, 3.8) is 0 Å². The maximum Gasteiger partial charge on any atom is 0.306 e. The number of ether oxygens (including phenoxy) is 1. The van der Waals surface area contributed by atoms with Crippen LogP contribution in [-0.2, 0) is 16.0 Å². The molecule has 1 N–H and O–H groups in total. The van der Waals surface area contributed by atoms with E-state index in [1.807, 2.05) is 0 Å². The summed E-state index contributed by atoms with van der Waals surface area (Å²) in [6, 6.07) is 0. The quantitative estimate of drug-likeness (QED) is 0.584. The van der Waals surface area contributed by atoms with E-state index in [9.17, 15) is 4.79 Å². The summed E-state index contributed by atoms with van der Waals surface area (Å²) in [5.41, 5.74) is 0. The number of hydrogen-bond donors (Lipinski definition) is 1. The number of hydrogen-bond acceptors (Lipinski definition) is 5. The number of nitrogens with zero attached hydrogens (tertiary/aromatic N) is 2. The van der Waals surface area contributed by atoms with Crippen LogP contribution in [-0.4, -0.2) is 34.0 Å². The Morgan fingerprint density at radius 1 is 1.56 bits per heavy atom. The average Bonchev–Trinajstić information content (AvgIpc) is 2.74. The van der Waals surface area contributed by atoms with Crippen LogP contribution in [0, 0.1) is 0 Å². The van der Waals surface area contributed by atoms with Gasteiger partial charge in [0.2, 0.25) is 5.16 Å². The predicted octanol–water partition coefficient (Wildman–Crippen LogP) is 1.80. The number of aromatic amines is 1. The minimum absolute atomic E-state index is 0.200. The normalized spacial score (nSPS) is 10.4. The summed E-state index contributed by atoms with van der Waals surface area (Å²) in [6.07, 6.45) is 3.58. The summed E-state index contributed by atoms with van der Waals surface area (Å²) in [5.74, 6) is 1.37. The molecule has 0 unspecified atom stereocenters. The van der Waals surface area contributed by atoms with Crippen LogP contribution >= 0.6 is 11.8 Å². The zero-order valence-electron chi connectivity index (χ0n) is 9.65. The maximum atomic E-state index is 10.9. The number of unbranched alkanes of at least 4 members (excludes halogenated alkanes) is 1. The molecule has 0 saturated heterocycles. The molecular weight excluding hydrogens is 226 g/mol. The van der Waals surface area contributed by atoms with Crippen LogP contribution in [0.15, 0.2) is 5.16 Å². The van der Waals surface area contributed by atoms with E-state index in [0.717, 1.165) is 25.1 Å². The van der Waals surface area contributed by atoms with E-state index in [4.69, 9.17) is 0 Å². The first-order valence-electron chi connectivity index (χ1n) is 5.37. The SMILES string of the molecule is CCCCc1nc(SCCC(=O)OC)n[nH]1. The molecule has 5 nitrogen and oxygen atoms in total. The van der Waals surface area contributed by atoms with Crippen molar-refractivity contribution in [1.29, 1.82) is 0 Å². The predicted molar refractivity (Wildman–Crippen MR) is 62.4 cm³/mol. The van der Waals surface area contributed by atoms with Crippen LogP contribution in [0.25, 0.3) is 0 Å². The Bertz CT molecular complexity index is 328. The lowest BCUT2D eigenvalue weighted by atomic mass is 10.2. The van der Waals surface area contributed by atoms with Crippen molar-refractivity contribution >= 4 is 17.7 Å². The first kappa shape index (κ1) is 13.0. The minimum atomic E-state index is -0.200. The van der Waals surface area contributed by atoms with E-state index in [0.29, 0.717) is 17.3 Å². The molecule has 0 amide bonds. The molecule has 1 heterocycles. The van der Waals surface area contributed by atoms with Gasteiger partial charge in [0.25, 0.3) is 0 Å². The molecule has 0 spiro atoms. The highest BCUT2D eigenvalue weighted by atomic mass is 32.2. The fraction of sp³-hybridized carbons (Fsp3) is 0.700. The zero-order chi connectivity index (χ0) is 11.8. The van der Waals surface area contributed by atoms with Gasteiger partial charge in [-0.3, -0.25) is 9.89 Å². The molecule has 90 valence electrons. The third-order valence-electron chi connectivity index (χ3n) is 2.04. The van der Waals surface area contributed by atoms with Gasteiger partial charge in [0.15, 0.2) is 0 Å². The number of rotatable bonds is 7. The van der Waals surface area contributed by atoms with Gasteiger partial charge in [0.1, 0.15) is 5.82 Å². The number of nitrogens with one attached hydrogen (secondary N) is 1. The standard InChI is InChI=1S/C10H17N3O2S/c1-3-4-5-8-11-10(13-12-8)16-7-6-9(14)15-2/h3-7H2,1-2H3,(H,11,12,13). The lowest BCUT2D eigenvalue weighted by Crippen LogP contribution is -2.01. The second-order valence-electron chi connectivity index (χ2n) is 3.34. The Kier molecular flexibility index (Phi) is 5.92. The molecule has 6 heteroatoms. The Morgan fingerprint density at radius 2 is 2.38 bits per heavy atom. The number of H-pyrrole nitrogens is 1. The van der Waals surface area contributed by atoms with Crippen molar-refractivity contribution in [1.82, 2.24) is 15.2 Å². The van der Waals surface area contributed by atoms with Gasteiger partial charge in [-0.25, -0.2) is 4.98 Å². The highest BCUT2D eigenvalue weighted by molar-refractivity contribution is 7.99. The van der Waals surface area contributed by atoms with Crippen molar-refractivity contribution < 1.29 is 9.53 Å². The number of aryl methyl sites for hydroxylation is 1. The fourth-order valence-corrected chi connectivity index (χ4v) is 1.86. The van der Waals surface area contributed by atoms with E-state index in [2.05, 4.69) is 26.8 Å². The molecule has 0 aliphatic carbocycles. The van der Waals surface area contributed by atoms with Gasteiger partial charge < -0.3 is 4.74 Å². The van der Waals surface area contributed by atoms with E-state index < -0.39 is 0 Å². The molecule has 0 atom stereocenters. The molecule has 0 bridgehead atoms. The highest BCUT2D eigenvalue weighted by Gasteiger charge is 2.05. The van der Waals surface area contributed by atoms with Crippen molar-refractivity contribution in [2.45, 2.75) is 37.8 Å². The van der Waals surface area contributed by atoms with E-state index in [1.165, 1.54) is 18.9 Å². The molecule has 0 aliphatic rings. The van der Waals surface area contributed by atoms with Crippen molar-refractivity contribution in [2.24, 2.45) is 0 Å². The van der Waals surface area contributed by atoms with Gasteiger partial charge in [-0.2, -0.15) is 0 Å². The Balaban J connectivity index is 2.26. The Hall–Kier alpha value is -1.04. The first-order valence-corrected chi connectivity index (χ1v) is 6.35. The summed E-state index contributed by atoms with van der Waals surface area (Å²) >= 11 is 1.46. The number of aromatic nitrogens is 3. The number of carbonyl (C=O) groups is 1. The van der Waals surface area contributed by atoms with Crippen LogP contribution in [0.5, 0.6) is 0 Å². The second kappa shape index (κ2) is 7.27. The summed E-state index contributed by atoms with van der Waals surface area (Å²) in [4.78, 5) is 15.2. The Labute approximate surface area is 99.4 Å². The van der Waals surface area contributed by atoms with E-state index >= 15 is 0 Å². The van der Waals surface area contributed by atoms with Gasteiger partial charge in [-0.15, -0.1) is 5.10 Å². The maximum absolute atomic E-state index is 10.9. The highest BCUT2D eigenvalue weighted by Crippen LogP contribution is 2.14. The molecule has 1 rings (SSSR count). The number of methoxy groups -OCH3 is 1. The van der Waals surface area contributed by atoms with E-state index in [-0.39, 0.29) is 5.97 Å². The van der Waals surface area contributed by atoms with Crippen LogP contribution in [0.3, 0.4) is 0 Å². The topological polar surface area (TPSA) is 67.9 Å². The molecule has 16 heavy (non-hydrogen) atoms. The first-order chi connectivity index (χ1) is 7.76. The van der Waals surface area contributed by atoms with Crippen molar-refractivity contribution in [3.05, 3.63) is 5.82 Å². The number of esters is 1. The molecule has 1 aromatic heterocycles. The smallest absolute Gasteiger partial charge is 0.306 e. The third kappa shape index (κ3) is 4.65. The average molecular weight is 243 g/mol. The second-order valence-corrected chi connectivity index (χ2v) is 4.40. The fourth-order valence-electron chi connectivity index (χ4n) is 1.13. The van der Waals surface area contributed by atoms with Crippen molar-refractivity contribution in [3.8, 4) is 0 Å². The van der Waals surface area contributed by atoms with Gasteiger partial charge in [0, 0.05) is 12.2 Å². The molecular formula is C10H17N3O2S. The van der Waals surface area contributed by atoms with Gasteiger partial charge in [0.05, 0.1) is 13.5 Å². The van der Waals surface area contributed by atoms with E-state index in [1.54, 1.807) is 0 Å². The third-order valence-corrected chi connectivity index (χ3v) is 2.89. The molecule has 0 aromatic carbocycles. The van der Waals surface area contributed by atoms with Crippen LogP contribution in [0.1, 0.15) is 32.0 Å². The summed E-state index contributed by atoms with van der Waals surface area (Å²) in [7, 11) is 1.39. The molecule has 1 aromatic rings. The van der Waals surface area contributed by atoms with Crippen molar-refractivity contribution in [2.75, 3.05) is 12.9 Å². The van der Waals surface area contributed by atoms with Crippen LogP contribution in [0.2, 0.25) is 0 Å². The summed E-state index contributed by atoms with van der Waals surface area (Å²) < 4.78 is 4.55. The Morgan fingerprint density at radius 3 is 3.06 bits per heavy atom. The van der Waals surface area contributed by atoms with Crippen LogP contribution in [0.4, 0.5) is 0 Å². The largest absolute Gasteiger partial charge is 0.469 e. The molecule has 0 aliphatic heterocycles. The van der Waals surface area contributed by atoms with Gasteiger partial charge in [-0.1, -0.05) is 25.1 Å². The zero-order valence-corrected chi connectivity index (χ0v) is 10.5. The molecule has 0 fully saturated rings. The number of carbonyl (C=O) groups excluding carboxylic acids is 1. The van der Waals surface area contributed by atoms with Gasteiger partial charge in [-0.05, 0) is 6.42 Å². The monoisotopic (exact) mass is 243 g/mol. The van der Waals surface area contributed by atoms with Crippen LogP contribution < -0.4 is 0 Å². The molecule has 0 radical (unpaired) electrons.